The molecule has 0 aliphatic heterocycles. The molecule has 0 fully saturated rings. The zero-order valence-corrected chi connectivity index (χ0v) is 14.4. The molecular formula is C16H21NO6S. The van der Waals surface area contributed by atoms with E-state index in [-0.39, 0.29) is 17.9 Å². The second kappa shape index (κ2) is 10.5. The third kappa shape index (κ3) is 6.91. The molecule has 0 heterocycles. The first-order valence-corrected chi connectivity index (χ1v) is 8.69. The number of rotatable bonds is 9. The van der Waals surface area contributed by atoms with E-state index in [1.165, 1.54) is 24.3 Å². The van der Waals surface area contributed by atoms with Crippen LogP contribution in [0.4, 0.5) is 4.79 Å². The van der Waals surface area contributed by atoms with Gasteiger partial charge in [-0.15, -0.1) is 0 Å². The van der Waals surface area contributed by atoms with E-state index in [1.807, 2.05) is 6.92 Å². The maximum atomic E-state index is 12.1. The Kier molecular flexibility index (Phi) is 8.70. The van der Waals surface area contributed by atoms with Crippen LogP contribution in [0.5, 0.6) is 5.75 Å². The topological polar surface area (TPSA) is 102 Å². The number of aliphatic carboxylic acids is 1. The molecule has 0 saturated carbocycles. The third-order valence-electron chi connectivity index (χ3n) is 2.94. The van der Waals surface area contributed by atoms with Crippen LogP contribution >= 0.6 is 11.8 Å². The predicted octanol–water partition coefficient (Wildman–Crippen LogP) is 2.55. The molecule has 1 unspecified atom stereocenters. The van der Waals surface area contributed by atoms with Crippen LogP contribution in [-0.2, 0) is 9.53 Å². The summed E-state index contributed by atoms with van der Waals surface area (Å²) in [6, 6.07) is 4.84. The number of carboxylic acid groups (broad SMARTS) is 1. The zero-order chi connectivity index (χ0) is 17.9. The van der Waals surface area contributed by atoms with Crippen molar-refractivity contribution in [1.29, 1.82) is 0 Å². The SMILES string of the molecule is CCOC(=O)Oc1ccc(C(=O)NC(CCSCC)C(=O)O)cc1. The van der Waals surface area contributed by atoms with Crippen molar-refractivity contribution in [2.75, 3.05) is 18.1 Å². The quantitative estimate of drug-likeness (QED) is 0.399. The highest BCUT2D eigenvalue weighted by Crippen LogP contribution is 2.13. The van der Waals surface area contributed by atoms with Crippen LogP contribution in [0.25, 0.3) is 0 Å². The zero-order valence-electron chi connectivity index (χ0n) is 13.6. The van der Waals surface area contributed by atoms with E-state index >= 15 is 0 Å². The minimum atomic E-state index is -1.07. The Labute approximate surface area is 144 Å². The van der Waals surface area contributed by atoms with Crippen molar-refractivity contribution < 1.29 is 29.0 Å². The Morgan fingerprint density at radius 3 is 2.42 bits per heavy atom. The van der Waals surface area contributed by atoms with Gasteiger partial charge in [-0.1, -0.05) is 6.92 Å². The van der Waals surface area contributed by atoms with E-state index in [9.17, 15) is 14.4 Å². The number of carbonyl (C=O) groups is 3. The number of nitrogens with one attached hydrogen (secondary N) is 1. The van der Waals surface area contributed by atoms with E-state index in [1.54, 1.807) is 18.7 Å². The van der Waals surface area contributed by atoms with Crippen molar-refractivity contribution in [2.24, 2.45) is 0 Å². The van der Waals surface area contributed by atoms with Crippen LogP contribution in [0, 0.1) is 0 Å². The number of thioether (sulfide) groups is 1. The number of hydrogen-bond acceptors (Lipinski definition) is 6. The van der Waals surface area contributed by atoms with Crippen LogP contribution in [0.3, 0.4) is 0 Å². The lowest BCUT2D eigenvalue weighted by Crippen LogP contribution is -2.41. The van der Waals surface area contributed by atoms with Crippen molar-refractivity contribution >= 4 is 29.8 Å². The summed E-state index contributed by atoms with van der Waals surface area (Å²) < 4.78 is 9.53. The van der Waals surface area contributed by atoms with Gasteiger partial charge in [-0.3, -0.25) is 4.79 Å². The van der Waals surface area contributed by atoms with Gasteiger partial charge in [0.25, 0.3) is 5.91 Å². The lowest BCUT2D eigenvalue weighted by molar-refractivity contribution is -0.139. The van der Waals surface area contributed by atoms with E-state index in [0.29, 0.717) is 12.2 Å². The summed E-state index contributed by atoms with van der Waals surface area (Å²) in [7, 11) is 0. The Bertz CT molecular complexity index is 560. The van der Waals surface area contributed by atoms with Crippen LogP contribution in [0.2, 0.25) is 0 Å². The summed E-state index contributed by atoms with van der Waals surface area (Å²) in [6.07, 6.45) is -0.474. The van der Waals surface area contributed by atoms with Gasteiger partial charge in [-0.2, -0.15) is 11.8 Å². The summed E-state index contributed by atoms with van der Waals surface area (Å²) in [5, 5.41) is 11.7. The molecule has 1 amide bonds. The summed E-state index contributed by atoms with van der Waals surface area (Å²) in [5.41, 5.74) is 0.278. The number of hydrogen-bond donors (Lipinski definition) is 2. The molecule has 1 aromatic rings. The second-order valence-electron chi connectivity index (χ2n) is 4.66. The lowest BCUT2D eigenvalue weighted by Gasteiger charge is -2.14. The molecule has 132 valence electrons. The highest BCUT2D eigenvalue weighted by Gasteiger charge is 2.20. The molecule has 1 atom stereocenters. The van der Waals surface area contributed by atoms with E-state index in [2.05, 4.69) is 10.1 Å². The van der Waals surface area contributed by atoms with Crippen LogP contribution < -0.4 is 10.1 Å². The van der Waals surface area contributed by atoms with Crippen LogP contribution in [0.1, 0.15) is 30.6 Å². The van der Waals surface area contributed by atoms with Gasteiger partial charge in [0, 0.05) is 5.56 Å². The fraction of sp³-hybridized carbons (Fsp3) is 0.438. The van der Waals surface area contributed by atoms with Gasteiger partial charge in [-0.05, 0) is 49.1 Å². The van der Waals surface area contributed by atoms with Crippen molar-refractivity contribution in [3.63, 3.8) is 0 Å². The van der Waals surface area contributed by atoms with Gasteiger partial charge in [0.15, 0.2) is 0 Å². The van der Waals surface area contributed by atoms with E-state index < -0.39 is 24.1 Å². The number of ether oxygens (including phenoxy) is 2. The summed E-state index contributed by atoms with van der Waals surface area (Å²) in [6.45, 7) is 3.84. The van der Waals surface area contributed by atoms with Gasteiger partial charge < -0.3 is 19.9 Å². The number of carboxylic acids is 1. The average Bonchev–Trinajstić information content (AvgIpc) is 2.54. The maximum Gasteiger partial charge on any atom is 0.513 e. The first kappa shape index (κ1) is 19.8. The van der Waals surface area contributed by atoms with Gasteiger partial charge >= 0.3 is 12.1 Å². The Hall–Kier alpha value is -2.22. The number of benzene rings is 1. The first-order valence-electron chi connectivity index (χ1n) is 7.54. The van der Waals surface area contributed by atoms with Crippen LogP contribution in [0.15, 0.2) is 24.3 Å². The minimum Gasteiger partial charge on any atom is -0.480 e. The van der Waals surface area contributed by atoms with Crippen molar-refractivity contribution in [3.05, 3.63) is 29.8 Å². The molecule has 1 rings (SSSR count). The largest absolute Gasteiger partial charge is 0.513 e. The molecule has 0 spiro atoms. The molecule has 7 nitrogen and oxygen atoms in total. The molecule has 0 bridgehead atoms. The van der Waals surface area contributed by atoms with Crippen LogP contribution in [-0.4, -0.2) is 47.3 Å². The van der Waals surface area contributed by atoms with Crippen molar-refractivity contribution in [3.8, 4) is 5.75 Å². The summed E-state index contributed by atoms with van der Waals surface area (Å²) in [5.74, 6) is 0.218. The third-order valence-corrected chi connectivity index (χ3v) is 3.87. The predicted molar refractivity (Wildman–Crippen MR) is 90.6 cm³/mol. The minimum absolute atomic E-state index is 0.201. The van der Waals surface area contributed by atoms with Gasteiger partial charge in [-0.25, -0.2) is 9.59 Å². The summed E-state index contributed by atoms with van der Waals surface area (Å²) >= 11 is 1.61. The number of amides is 1. The molecule has 0 aromatic heterocycles. The van der Waals surface area contributed by atoms with E-state index in [4.69, 9.17) is 9.84 Å². The highest BCUT2D eigenvalue weighted by atomic mass is 32.2. The highest BCUT2D eigenvalue weighted by molar-refractivity contribution is 7.99. The lowest BCUT2D eigenvalue weighted by atomic mass is 10.1. The van der Waals surface area contributed by atoms with Gasteiger partial charge in [0.1, 0.15) is 11.8 Å². The first-order chi connectivity index (χ1) is 11.5. The Morgan fingerprint density at radius 1 is 1.21 bits per heavy atom. The monoisotopic (exact) mass is 355 g/mol. The molecule has 2 N–H and O–H groups in total. The summed E-state index contributed by atoms with van der Waals surface area (Å²) in [4.78, 5) is 34.5. The van der Waals surface area contributed by atoms with Crippen molar-refractivity contribution in [2.45, 2.75) is 26.3 Å². The fourth-order valence-electron chi connectivity index (χ4n) is 1.76. The Balaban J connectivity index is 2.62. The molecule has 0 aliphatic carbocycles. The molecule has 8 heteroatoms. The second-order valence-corrected chi connectivity index (χ2v) is 6.05. The molecule has 1 aromatic carbocycles. The average molecular weight is 355 g/mol. The molecule has 0 aliphatic rings. The molecule has 24 heavy (non-hydrogen) atoms. The molecule has 0 radical (unpaired) electrons. The van der Waals surface area contributed by atoms with Gasteiger partial charge in [0.2, 0.25) is 0 Å². The maximum absolute atomic E-state index is 12.1. The Morgan fingerprint density at radius 2 is 1.88 bits per heavy atom. The fourth-order valence-corrected chi connectivity index (χ4v) is 2.45. The smallest absolute Gasteiger partial charge is 0.480 e. The number of carbonyl (C=O) groups excluding carboxylic acids is 2. The molecule has 0 saturated heterocycles. The molecular weight excluding hydrogens is 334 g/mol. The van der Waals surface area contributed by atoms with Crippen molar-refractivity contribution in [1.82, 2.24) is 5.32 Å². The van der Waals surface area contributed by atoms with E-state index in [0.717, 1.165) is 5.75 Å². The normalized spacial score (nSPS) is 11.4. The standard InChI is InChI=1S/C16H21NO6S/c1-3-22-16(21)23-12-7-5-11(6-8-12)14(18)17-13(15(19)20)9-10-24-4-2/h5-8,13H,3-4,9-10H2,1-2H3,(H,17,18)(H,19,20). The van der Waals surface area contributed by atoms with Gasteiger partial charge in [0.05, 0.1) is 6.61 Å².